The van der Waals surface area contributed by atoms with Crippen LogP contribution < -0.4 is 5.32 Å². The Hall–Kier alpha value is -0.900. The first-order valence-corrected chi connectivity index (χ1v) is 5.91. The van der Waals surface area contributed by atoms with Gasteiger partial charge in [0.15, 0.2) is 0 Å². The highest BCUT2D eigenvalue weighted by atomic mass is 15.3. The van der Waals surface area contributed by atoms with E-state index in [9.17, 15) is 0 Å². The summed E-state index contributed by atoms with van der Waals surface area (Å²) >= 11 is 0. The predicted octanol–water partition coefficient (Wildman–Crippen LogP) is 1.62. The molecular weight excluding hydrogens is 188 g/mol. The summed E-state index contributed by atoms with van der Waals surface area (Å²) in [5.41, 5.74) is 0. The fraction of sp³-hybridized carbons (Fsp3) is 0.818. The van der Waals surface area contributed by atoms with Gasteiger partial charge in [0.2, 0.25) is 0 Å². The molecule has 1 aromatic rings. The average molecular weight is 210 g/mol. The minimum Gasteiger partial charge on any atom is -0.314 e. The van der Waals surface area contributed by atoms with Gasteiger partial charge in [-0.15, -0.1) is 0 Å². The van der Waals surface area contributed by atoms with E-state index in [4.69, 9.17) is 0 Å². The zero-order valence-electron chi connectivity index (χ0n) is 10.0. The Bertz CT molecular complexity index is 269. The normalized spacial score (nSPS) is 13.0. The first kappa shape index (κ1) is 12.2. The summed E-state index contributed by atoms with van der Waals surface area (Å²) in [6, 6.07) is 0.523. The maximum atomic E-state index is 4.32. The van der Waals surface area contributed by atoms with Crippen LogP contribution in [0, 0.1) is 0 Å². The lowest BCUT2D eigenvalue weighted by atomic mass is 10.1. The molecule has 15 heavy (non-hydrogen) atoms. The number of aromatic nitrogens is 3. The van der Waals surface area contributed by atoms with E-state index in [0.29, 0.717) is 6.04 Å². The standard InChI is InChI=1S/C11H22N4/c1-4-7-15-11(13-9-14-15)8-10(5-2)12-6-3/h9-10,12H,4-8H2,1-3H3. The number of rotatable bonds is 7. The molecule has 1 heterocycles. The van der Waals surface area contributed by atoms with E-state index in [2.05, 4.69) is 36.2 Å². The van der Waals surface area contributed by atoms with Crippen molar-refractivity contribution in [3.05, 3.63) is 12.2 Å². The third-order valence-corrected chi connectivity index (χ3v) is 2.55. The highest BCUT2D eigenvalue weighted by molar-refractivity contribution is 4.89. The average Bonchev–Trinajstić information content (AvgIpc) is 2.66. The summed E-state index contributed by atoms with van der Waals surface area (Å²) < 4.78 is 2.01. The zero-order chi connectivity index (χ0) is 11.1. The van der Waals surface area contributed by atoms with E-state index < -0.39 is 0 Å². The van der Waals surface area contributed by atoms with E-state index >= 15 is 0 Å². The Morgan fingerprint density at radius 2 is 2.20 bits per heavy atom. The van der Waals surface area contributed by atoms with Gasteiger partial charge < -0.3 is 5.32 Å². The summed E-state index contributed by atoms with van der Waals surface area (Å²) in [6.45, 7) is 8.48. The molecule has 0 radical (unpaired) electrons. The molecule has 0 aromatic carbocycles. The number of hydrogen-bond donors (Lipinski definition) is 1. The third kappa shape index (κ3) is 3.63. The molecule has 0 amide bonds. The van der Waals surface area contributed by atoms with E-state index in [0.717, 1.165) is 38.2 Å². The quantitative estimate of drug-likeness (QED) is 0.743. The Morgan fingerprint density at radius 1 is 1.40 bits per heavy atom. The van der Waals surface area contributed by atoms with Gasteiger partial charge in [0.05, 0.1) is 0 Å². The van der Waals surface area contributed by atoms with Crippen molar-refractivity contribution in [3.8, 4) is 0 Å². The van der Waals surface area contributed by atoms with Crippen molar-refractivity contribution in [3.63, 3.8) is 0 Å². The Balaban J connectivity index is 2.57. The Labute approximate surface area is 92.1 Å². The first-order valence-electron chi connectivity index (χ1n) is 5.91. The highest BCUT2D eigenvalue weighted by Crippen LogP contribution is 2.03. The second-order valence-electron chi connectivity index (χ2n) is 3.77. The molecule has 0 saturated carbocycles. The SMILES string of the molecule is CCCn1ncnc1CC(CC)NCC. The van der Waals surface area contributed by atoms with Crippen molar-refractivity contribution >= 4 is 0 Å². The van der Waals surface area contributed by atoms with Gasteiger partial charge in [-0.1, -0.05) is 20.8 Å². The molecular formula is C11H22N4. The predicted molar refractivity (Wildman–Crippen MR) is 61.8 cm³/mol. The van der Waals surface area contributed by atoms with Crippen molar-refractivity contribution in [2.24, 2.45) is 0 Å². The second kappa shape index (κ2) is 6.56. The summed E-state index contributed by atoms with van der Waals surface area (Å²) in [4.78, 5) is 4.32. The molecule has 1 N–H and O–H groups in total. The third-order valence-electron chi connectivity index (χ3n) is 2.55. The van der Waals surface area contributed by atoms with E-state index in [1.54, 1.807) is 6.33 Å². The van der Waals surface area contributed by atoms with Crippen LogP contribution in [-0.4, -0.2) is 27.4 Å². The number of nitrogens with one attached hydrogen (secondary N) is 1. The van der Waals surface area contributed by atoms with Gasteiger partial charge in [-0.05, 0) is 19.4 Å². The molecule has 0 saturated heterocycles. The molecule has 0 aliphatic carbocycles. The molecule has 4 heteroatoms. The van der Waals surface area contributed by atoms with Crippen molar-refractivity contribution in [2.45, 2.75) is 52.6 Å². The van der Waals surface area contributed by atoms with Crippen molar-refractivity contribution in [1.82, 2.24) is 20.1 Å². The minimum absolute atomic E-state index is 0.523. The van der Waals surface area contributed by atoms with Crippen molar-refractivity contribution in [1.29, 1.82) is 0 Å². The molecule has 1 rings (SSSR count). The van der Waals surface area contributed by atoms with Crippen LogP contribution in [0.25, 0.3) is 0 Å². The minimum atomic E-state index is 0.523. The van der Waals surface area contributed by atoms with Crippen LogP contribution in [0.4, 0.5) is 0 Å². The molecule has 0 fully saturated rings. The number of nitrogens with zero attached hydrogens (tertiary/aromatic N) is 3. The van der Waals surface area contributed by atoms with Crippen molar-refractivity contribution < 1.29 is 0 Å². The van der Waals surface area contributed by atoms with Gasteiger partial charge in [0.25, 0.3) is 0 Å². The monoisotopic (exact) mass is 210 g/mol. The van der Waals surface area contributed by atoms with Gasteiger partial charge in [0, 0.05) is 19.0 Å². The second-order valence-corrected chi connectivity index (χ2v) is 3.77. The van der Waals surface area contributed by atoms with Crippen molar-refractivity contribution in [2.75, 3.05) is 6.54 Å². The van der Waals surface area contributed by atoms with Crippen LogP contribution in [0.3, 0.4) is 0 Å². The molecule has 1 atom stereocenters. The van der Waals surface area contributed by atoms with Crippen LogP contribution in [0.15, 0.2) is 6.33 Å². The molecule has 0 bridgehead atoms. The van der Waals surface area contributed by atoms with Gasteiger partial charge in [0.1, 0.15) is 12.2 Å². The fourth-order valence-corrected chi connectivity index (χ4v) is 1.71. The Kier molecular flexibility index (Phi) is 5.32. The molecule has 4 nitrogen and oxygen atoms in total. The maximum absolute atomic E-state index is 4.32. The van der Waals surface area contributed by atoms with Gasteiger partial charge >= 0.3 is 0 Å². The van der Waals surface area contributed by atoms with E-state index in [1.165, 1.54) is 0 Å². The molecule has 0 spiro atoms. The molecule has 0 aliphatic rings. The Morgan fingerprint density at radius 3 is 2.80 bits per heavy atom. The van der Waals surface area contributed by atoms with Crippen LogP contribution in [0.5, 0.6) is 0 Å². The van der Waals surface area contributed by atoms with Crippen LogP contribution in [0.1, 0.15) is 39.4 Å². The lowest BCUT2D eigenvalue weighted by Gasteiger charge is -2.15. The highest BCUT2D eigenvalue weighted by Gasteiger charge is 2.10. The smallest absolute Gasteiger partial charge is 0.138 e. The number of likely N-dealkylation sites (N-methyl/N-ethyl adjacent to an activating group) is 1. The number of aryl methyl sites for hydroxylation is 1. The zero-order valence-corrected chi connectivity index (χ0v) is 10.0. The summed E-state index contributed by atoms with van der Waals surface area (Å²) in [6.07, 6.45) is 4.87. The van der Waals surface area contributed by atoms with Crippen LogP contribution >= 0.6 is 0 Å². The number of hydrogen-bond acceptors (Lipinski definition) is 3. The van der Waals surface area contributed by atoms with Gasteiger partial charge in [-0.25, -0.2) is 4.98 Å². The van der Waals surface area contributed by atoms with Crippen LogP contribution in [0.2, 0.25) is 0 Å². The first-order chi connectivity index (χ1) is 7.31. The largest absolute Gasteiger partial charge is 0.314 e. The summed E-state index contributed by atoms with van der Waals surface area (Å²) in [5, 5.41) is 7.69. The lowest BCUT2D eigenvalue weighted by Crippen LogP contribution is -2.31. The summed E-state index contributed by atoms with van der Waals surface area (Å²) in [5.74, 6) is 1.10. The molecule has 0 aliphatic heterocycles. The van der Waals surface area contributed by atoms with Crippen LogP contribution in [-0.2, 0) is 13.0 Å². The summed E-state index contributed by atoms with van der Waals surface area (Å²) in [7, 11) is 0. The molecule has 86 valence electrons. The van der Waals surface area contributed by atoms with E-state index in [-0.39, 0.29) is 0 Å². The maximum Gasteiger partial charge on any atom is 0.138 e. The van der Waals surface area contributed by atoms with Gasteiger partial charge in [-0.2, -0.15) is 5.10 Å². The topological polar surface area (TPSA) is 42.7 Å². The van der Waals surface area contributed by atoms with Gasteiger partial charge in [-0.3, -0.25) is 4.68 Å². The lowest BCUT2D eigenvalue weighted by molar-refractivity contribution is 0.474. The molecule has 1 aromatic heterocycles. The van der Waals surface area contributed by atoms with E-state index in [1.807, 2.05) is 4.68 Å². The molecule has 1 unspecified atom stereocenters. The fourth-order valence-electron chi connectivity index (χ4n) is 1.71.